The van der Waals surface area contributed by atoms with Crippen LogP contribution in [0.25, 0.3) is 5.70 Å². The first kappa shape index (κ1) is 18.2. The van der Waals surface area contributed by atoms with Gasteiger partial charge in [-0.05, 0) is 74.2 Å². The Morgan fingerprint density at radius 1 is 1.18 bits per heavy atom. The molecule has 3 saturated carbocycles. The smallest absolute Gasteiger partial charge is 0.302 e. The Kier molecular flexibility index (Phi) is 4.12. The van der Waals surface area contributed by atoms with E-state index in [4.69, 9.17) is 4.74 Å². The van der Waals surface area contributed by atoms with Gasteiger partial charge in [-0.15, -0.1) is 0 Å². The molecule has 0 aromatic carbocycles. The lowest BCUT2D eigenvalue weighted by atomic mass is 9.46. The van der Waals surface area contributed by atoms with Gasteiger partial charge in [0.15, 0.2) is 0 Å². The predicted octanol–water partition coefficient (Wildman–Crippen LogP) is 5.23. The van der Waals surface area contributed by atoms with E-state index >= 15 is 0 Å². The molecule has 1 aromatic rings. The molecule has 1 aromatic heterocycles. The fraction of sp³-hybridized carbons (Fsp3) is 0.667. The van der Waals surface area contributed by atoms with Crippen LogP contribution in [0.5, 0.6) is 0 Å². The molecule has 0 bridgehead atoms. The quantitative estimate of drug-likeness (QED) is 0.660. The summed E-state index contributed by atoms with van der Waals surface area (Å²) in [5.41, 5.74) is 3.60. The van der Waals surface area contributed by atoms with Crippen LogP contribution in [0.15, 0.2) is 36.4 Å². The first-order chi connectivity index (χ1) is 13.4. The third-order valence-corrected chi connectivity index (χ3v) is 8.74. The molecule has 0 aliphatic heterocycles. The monoisotopic (exact) mass is 380 g/mol. The Morgan fingerprint density at radius 2 is 2.04 bits per heavy atom. The van der Waals surface area contributed by atoms with Gasteiger partial charge >= 0.3 is 5.97 Å². The molecular weight excluding hydrogens is 348 g/mol. The van der Waals surface area contributed by atoms with Gasteiger partial charge in [0.2, 0.25) is 0 Å². The zero-order chi connectivity index (χ0) is 19.5. The Morgan fingerprint density at radius 3 is 2.79 bits per heavy atom. The molecule has 0 spiro atoms. The van der Waals surface area contributed by atoms with Crippen molar-refractivity contribution < 1.29 is 9.53 Å². The molecule has 0 N–H and O–H groups in total. The van der Waals surface area contributed by atoms with E-state index in [1.165, 1.54) is 37.8 Å². The number of allylic oxidation sites excluding steroid dienone is 4. The number of ether oxygens (including phenoxy) is 1. The molecule has 0 radical (unpaired) electrons. The second kappa shape index (κ2) is 6.33. The summed E-state index contributed by atoms with van der Waals surface area (Å²) in [6.07, 6.45) is 19.2. The van der Waals surface area contributed by atoms with Crippen LogP contribution in [0.2, 0.25) is 0 Å². The minimum Gasteiger partial charge on any atom is -0.463 e. The van der Waals surface area contributed by atoms with E-state index in [1.807, 2.05) is 12.5 Å². The van der Waals surface area contributed by atoms with Crippen molar-refractivity contribution in [2.45, 2.75) is 71.8 Å². The van der Waals surface area contributed by atoms with Crippen molar-refractivity contribution in [1.29, 1.82) is 0 Å². The van der Waals surface area contributed by atoms with E-state index in [2.05, 4.69) is 41.7 Å². The summed E-state index contributed by atoms with van der Waals surface area (Å²) in [5.74, 6) is 2.03. The molecule has 1 unspecified atom stereocenters. The molecule has 28 heavy (non-hydrogen) atoms. The van der Waals surface area contributed by atoms with Crippen LogP contribution >= 0.6 is 0 Å². The first-order valence-electron chi connectivity index (χ1n) is 11.0. The van der Waals surface area contributed by atoms with Gasteiger partial charge in [-0.1, -0.05) is 25.5 Å². The predicted molar refractivity (Wildman–Crippen MR) is 109 cm³/mol. The molecule has 4 heteroatoms. The fourth-order valence-electron chi connectivity index (χ4n) is 7.31. The highest BCUT2D eigenvalue weighted by Crippen LogP contribution is 2.65. The van der Waals surface area contributed by atoms with Gasteiger partial charge < -0.3 is 9.30 Å². The minimum atomic E-state index is -0.120. The third-order valence-electron chi connectivity index (χ3n) is 8.74. The van der Waals surface area contributed by atoms with Gasteiger partial charge in [-0.25, -0.2) is 4.98 Å². The van der Waals surface area contributed by atoms with Crippen molar-refractivity contribution in [1.82, 2.24) is 9.55 Å². The molecule has 4 nitrogen and oxygen atoms in total. The van der Waals surface area contributed by atoms with E-state index in [0.29, 0.717) is 17.3 Å². The van der Waals surface area contributed by atoms with Crippen LogP contribution < -0.4 is 0 Å². The number of fused-ring (bicyclic) bond motifs is 5. The molecule has 6 atom stereocenters. The summed E-state index contributed by atoms with van der Waals surface area (Å²) in [7, 11) is 0. The van der Waals surface area contributed by atoms with E-state index in [0.717, 1.165) is 18.8 Å². The second-order valence-corrected chi connectivity index (χ2v) is 10.0. The van der Waals surface area contributed by atoms with Gasteiger partial charge in [0.25, 0.3) is 0 Å². The van der Waals surface area contributed by atoms with Gasteiger partial charge in [-0.2, -0.15) is 0 Å². The highest BCUT2D eigenvalue weighted by Gasteiger charge is 2.56. The van der Waals surface area contributed by atoms with E-state index in [1.54, 1.807) is 12.5 Å². The van der Waals surface area contributed by atoms with Crippen molar-refractivity contribution >= 4 is 11.7 Å². The van der Waals surface area contributed by atoms with Crippen LogP contribution in [0.1, 0.15) is 65.7 Å². The molecule has 4 aliphatic carbocycles. The van der Waals surface area contributed by atoms with E-state index in [-0.39, 0.29) is 17.5 Å². The second-order valence-electron chi connectivity index (χ2n) is 10.0. The van der Waals surface area contributed by atoms with Crippen LogP contribution in [-0.2, 0) is 9.53 Å². The maximum Gasteiger partial charge on any atom is 0.302 e. The Balaban J connectivity index is 1.38. The van der Waals surface area contributed by atoms with Crippen molar-refractivity contribution in [3.8, 4) is 0 Å². The van der Waals surface area contributed by atoms with Crippen LogP contribution in [0.3, 0.4) is 0 Å². The van der Waals surface area contributed by atoms with Crippen molar-refractivity contribution in [3.63, 3.8) is 0 Å². The highest BCUT2D eigenvalue weighted by molar-refractivity contribution is 5.66. The number of carbonyl (C=O) groups excluding carboxylic acids is 1. The lowest BCUT2D eigenvalue weighted by Crippen LogP contribution is -2.51. The minimum absolute atomic E-state index is 0.120. The standard InChI is InChI=1S/C24H32N2O2/c1-16(27)28-18-8-10-23(2)17(14-18)4-5-19-20-6-7-22(26-13-12-25-15-26)24(20,3)11-9-21(19)23/h6-7,12-13,15,17-19,21H,4-5,8-11,14H2,1-3H3/t17-,18?,19-,21-,23-,24-/m0/s1. The highest BCUT2D eigenvalue weighted by atomic mass is 16.5. The molecule has 0 saturated heterocycles. The summed E-state index contributed by atoms with van der Waals surface area (Å²) in [6.45, 7) is 6.53. The van der Waals surface area contributed by atoms with Crippen LogP contribution in [0.4, 0.5) is 0 Å². The number of carbonyl (C=O) groups is 1. The van der Waals surface area contributed by atoms with Crippen molar-refractivity contribution in [3.05, 3.63) is 36.4 Å². The molecule has 150 valence electrons. The Hall–Kier alpha value is -1.84. The molecule has 4 aliphatic rings. The van der Waals surface area contributed by atoms with Crippen LogP contribution in [0, 0.1) is 28.6 Å². The summed E-state index contributed by atoms with van der Waals surface area (Å²) in [4.78, 5) is 15.7. The zero-order valence-corrected chi connectivity index (χ0v) is 17.4. The molecule has 5 rings (SSSR count). The average molecular weight is 381 g/mol. The van der Waals surface area contributed by atoms with E-state index < -0.39 is 0 Å². The van der Waals surface area contributed by atoms with Crippen molar-refractivity contribution in [2.24, 2.45) is 28.6 Å². The normalized spacial score (nSPS) is 42.0. The lowest BCUT2D eigenvalue weighted by Gasteiger charge is -2.59. The lowest BCUT2D eigenvalue weighted by molar-refractivity contribution is -0.154. The zero-order valence-electron chi connectivity index (χ0n) is 17.4. The molecule has 3 fully saturated rings. The first-order valence-corrected chi connectivity index (χ1v) is 11.0. The largest absolute Gasteiger partial charge is 0.463 e. The summed E-state index contributed by atoms with van der Waals surface area (Å²) in [5, 5.41) is 0. The number of nitrogens with zero attached hydrogens (tertiary/aromatic N) is 2. The van der Waals surface area contributed by atoms with Gasteiger partial charge in [0, 0.05) is 30.4 Å². The Labute approximate surface area is 168 Å². The van der Waals surface area contributed by atoms with Gasteiger partial charge in [0.1, 0.15) is 6.10 Å². The number of imidazole rings is 1. The number of aromatic nitrogens is 2. The topological polar surface area (TPSA) is 44.1 Å². The summed E-state index contributed by atoms with van der Waals surface area (Å²) >= 11 is 0. The number of esters is 1. The maximum absolute atomic E-state index is 11.4. The average Bonchev–Trinajstić information content (AvgIpc) is 3.28. The number of hydrogen-bond acceptors (Lipinski definition) is 3. The molecule has 1 heterocycles. The fourth-order valence-corrected chi connectivity index (χ4v) is 7.31. The SMILES string of the molecule is CC(=O)OC1CC[C@@]2(C)[C@@H](CC[C@H]3C4=CC=C(n5ccnc5)[C@@]4(C)CC[C@@H]32)C1. The van der Waals surface area contributed by atoms with Crippen molar-refractivity contribution in [2.75, 3.05) is 0 Å². The van der Waals surface area contributed by atoms with Gasteiger partial charge in [-0.3, -0.25) is 4.79 Å². The summed E-state index contributed by atoms with van der Waals surface area (Å²) in [6, 6.07) is 0. The summed E-state index contributed by atoms with van der Waals surface area (Å²) < 4.78 is 7.80. The third kappa shape index (κ3) is 2.56. The number of rotatable bonds is 2. The van der Waals surface area contributed by atoms with Crippen LogP contribution in [-0.4, -0.2) is 21.6 Å². The number of hydrogen-bond donors (Lipinski definition) is 0. The van der Waals surface area contributed by atoms with E-state index in [9.17, 15) is 4.79 Å². The molecule has 0 amide bonds. The Bertz CT molecular complexity index is 839. The maximum atomic E-state index is 11.4. The molecular formula is C24H32N2O2. The van der Waals surface area contributed by atoms with Gasteiger partial charge in [0.05, 0.1) is 6.33 Å².